The predicted molar refractivity (Wildman–Crippen MR) is 97.7 cm³/mol. The number of sulfone groups is 1. The molecule has 0 fully saturated rings. The van der Waals surface area contributed by atoms with E-state index in [1.165, 1.54) is 12.1 Å². The van der Waals surface area contributed by atoms with Crippen LogP contribution in [0.1, 0.15) is 21.8 Å². The molecule has 0 spiro atoms. The molecule has 0 unspecified atom stereocenters. The Labute approximate surface area is 156 Å². The number of benzene rings is 1. The summed E-state index contributed by atoms with van der Waals surface area (Å²) in [5, 5.41) is 0. The molecule has 1 aliphatic heterocycles. The lowest BCUT2D eigenvalue weighted by atomic mass is 10.1. The fourth-order valence-electron chi connectivity index (χ4n) is 3.03. The average Bonchev–Trinajstić information content (AvgIpc) is 3.11. The van der Waals surface area contributed by atoms with E-state index in [2.05, 4.69) is 9.97 Å². The van der Waals surface area contributed by atoms with Gasteiger partial charge in [0.05, 0.1) is 17.0 Å². The van der Waals surface area contributed by atoms with Crippen molar-refractivity contribution in [3.63, 3.8) is 0 Å². The van der Waals surface area contributed by atoms with Gasteiger partial charge in [0, 0.05) is 37.2 Å². The van der Waals surface area contributed by atoms with Crippen LogP contribution in [0.25, 0.3) is 11.5 Å². The van der Waals surface area contributed by atoms with E-state index in [0.717, 1.165) is 17.6 Å². The van der Waals surface area contributed by atoms with Crippen molar-refractivity contribution in [2.24, 2.45) is 0 Å². The number of carbonyl (C=O) groups excluding carboxylic acids is 1. The second-order valence-corrected chi connectivity index (χ2v) is 8.42. The van der Waals surface area contributed by atoms with Crippen molar-refractivity contribution in [2.75, 3.05) is 12.8 Å². The van der Waals surface area contributed by atoms with Crippen LogP contribution in [0, 0.1) is 0 Å². The van der Waals surface area contributed by atoms with E-state index in [1.54, 1.807) is 29.4 Å². The van der Waals surface area contributed by atoms with Crippen molar-refractivity contribution in [3.8, 4) is 11.5 Å². The van der Waals surface area contributed by atoms with Crippen LogP contribution in [0.15, 0.2) is 58.1 Å². The van der Waals surface area contributed by atoms with Crippen LogP contribution in [0.5, 0.6) is 0 Å². The third-order valence-corrected chi connectivity index (χ3v) is 5.54. The van der Waals surface area contributed by atoms with E-state index in [0.29, 0.717) is 36.7 Å². The summed E-state index contributed by atoms with van der Waals surface area (Å²) in [5.41, 5.74) is 1.84. The second-order valence-electron chi connectivity index (χ2n) is 6.41. The highest BCUT2D eigenvalue weighted by molar-refractivity contribution is 7.90. The minimum Gasteiger partial charge on any atom is -0.441 e. The Kier molecular flexibility index (Phi) is 4.27. The summed E-state index contributed by atoms with van der Waals surface area (Å²) in [6.07, 6.45) is 5.04. The number of carbonyl (C=O) groups is 1. The Balaban J connectivity index is 1.58. The molecule has 0 atom stereocenters. The molecule has 0 aliphatic carbocycles. The Morgan fingerprint density at radius 2 is 2.07 bits per heavy atom. The molecule has 4 rings (SSSR count). The molecule has 0 bridgehead atoms. The molecule has 0 saturated carbocycles. The molecule has 2 aromatic heterocycles. The maximum absolute atomic E-state index is 12.8. The summed E-state index contributed by atoms with van der Waals surface area (Å²) in [7, 11) is -3.37. The molecule has 138 valence electrons. The molecule has 3 aromatic rings. The molecule has 3 heterocycles. The maximum atomic E-state index is 12.8. The minimum atomic E-state index is -3.37. The first kappa shape index (κ1) is 17.4. The van der Waals surface area contributed by atoms with E-state index >= 15 is 0 Å². The first-order valence-corrected chi connectivity index (χ1v) is 10.3. The van der Waals surface area contributed by atoms with E-state index in [9.17, 15) is 13.2 Å². The van der Waals surface area contributed by atoms with E-state index in [4.69, 9.17) is 4.42 Å². The van der Waals surface area contributed by atoms with Crippen LogP contribution in [-0.2, 0) is 22.8 Å². The number of pyridine rings is 1. The summed E-state index contributed by atoms with van der Waals surface area (Å²) in [5.74, 6) is 1.03. The van der Waals surface area contributed by atoms with Gasteiger partial charge in [-0.3, -0.25) is 9.78 Å². The highest BCUT2D eigenvalue weighted by Crippen LogP contribution is 2.26. The predicted octanol–water partition coefficient (Wildman–Crippen LogP) is 2.34. The number of oxazole rings is 1. The number of nitrogens with zero attached hydrogens (tertiary/aromatic N) is 3. The molecule has 1 amide bonds. The third kappa shape index (κ3) is 3.48. The normalized spacial score (nSPS) is 14.0. The molecule has 0 saturated heterocycles. The number of aromatic nitrogens is 2. The van der Waals surface area contributed by atoms with Gasteiger partial charge in [0.1, 0.15) is 11.5 Å². The molecular formula is C19H17N3O4S. The average molecular weight is 383 g/mol. The van der Waals surface area contributed by atoms with Crippen LogP contribution in [-0.4, -0.2) is 42.0 Å². The van der Waals surface area contributed by atoms with Crippen LogP contribution >= 0.6 is 0 Å². The molecule has 1 aromatic carbocycles. The SMILES string of the molecule is CS(=O)(=O)c1cccc(C(=O)N2CCc3oc(-c4cccnc4)nc3C2)c1. The monoisotopic (exact) mass is 383 g/mol. The molecule has 0 radical (unpaired) electrons. The number of hydrogen-bond donors (Lipinski definition) is 0. The number of rotatable bonds is 3. The summed E-state index contributed by atoms with van der Waals surface area (Å²) >= 11 is 0. The summed E-state index contributed by atoms with van der Waals surface area (Å²) in [6, 6.07) is 9.77. The lowest BCUT2D eigenvalue weighted by Crippen LogP contribution is -2.35. The zero-order chi connectivity index (χ0) is 19.0. The Morgan fingerprint density at radius 1 is 1.22 bits per heavy atom. The van der Waals surface area contributed by atoms with Crippen LogP contribution in [0.2, 0.25) is 0 Å². The van der Waals surface area contributed by atoms with E-state index in [-0.39, 0.29) is 10.8 Å². The molecule has 7 nitrogen and oxygen atoms in total. The zero-order valence-corrected chi connectivity index (χ0v) is 15.4. The molecule has 1 aliphatic rings. The summed E-state index contributed by atoms with van der Waals surface area (Å²) in [4.78, 5) is 23.2. The topological polar surface area (TPSA) is 93.4 Å². The Bertz CT molecular complexity index is 1110. The van der Waals surface area contributed by atoms with Gasteiger partial charge < -0.3 is 9.32 Å². The molecular weight excluding hydrogens is 366 g/mol. The lowest BCUT2D eigenvalue weighted by molar-refractivity contribution is 0.0727. The van der Waals surface area contributed by atoms with Gasteiger partial charge in [-0.05, 0) is 30.3 Å². The molecule has 0 N–H and O–H groups in total. The van der Waals surface area contributed by atoms with Gasteiger partial charge in [-0.1, -0.05) is 6.07 Å². The standard InChI is InChI=1S/C19H17N3O4S/c1-27(24,25)15-6-2-4-13(10-15)19(23)22-9-7-17-16(12-22)21-18(26-17)14-5-3-8-20-11-14/h2-6,8,10-11H,7,9,12H2,1H3. The molecule has 27 heavy (non-hydrogen) atoms. The summed E-state index contributed by atoms with van der Waals surface area (Å²) in [6.45, 7) is 0.803. The number of amides is 1. The highest BCUT2D eigenvalue weighted by Gasteiger charge is 2.27. The third-order valence-electron chi connectivity index (χ3n) is 4.43. The zero-order valence-electron chi connectivity index (χ0n) is 14.6. The maximum Gasteiger partial charge on any atom is 0.254 e. The summed E-state index contributed by atoms with van der Waals surface area (Å²) < 4.78 is 29.3. The van der Waals surface area contributed by atoms with Crippen LogP contribution in [0.4, 0.5) is 0 Å². The highest BCUT2D eigenvalue weighted by atomic mass is 32.2. The van der Waals surface area contributed by atoms with Gasteiger partial charge in [0.2, 0.25) is 5.89 Å². The Hall–Kier alpha value is -3.00. The molecule has 8 heteroatoms. The fraction of sp³-hybridized carbons (Fsp3) is 0.211. The van der Waals surface area contributed by atoms with Crippen LogP contribution < -0.4 is 0 Å². The first-order valence-electron chi connectivity index (χ1n) is 8.40. The fourth-order valence-corrected chi connectivity index (χ4v) is 3.69. The van der Waals surface area contributed by atoms with Gasteiger partial charge in [-0.25, -0.2) is 13.4 Å². The quantitative estimate of drug-likeness (QED) is 0.689. The first-order chi connectivity index (χ1) is 12.9. The van der Waals surface area contributed by atoms with Gasteiger partial charge in [-0.2, -0.15) is 0 Å². The number of fused-ring (bicyclic) bond motifs is 1. The van der Waals surface area contributed by atoms with Crippen LogP contribution in [0.3, 0.4) is 0 Å². The Morgan fingerprint density at radius 3 is 2.81 bits per heavy atom. The van der Waals surface area contributed by atoms with Gasteiger partial charge in [-0.15, -0.1) is 0 Å². The lowest BCUT2D eigenvalue weighted by Gasteiger charge is -2.25. The van der Waals surface area contributed by atoms with E-state index < -0.39 is 9.84 Å². The van der Waals surface area contributed by atoms with Gasteiger partial charge in [0.25, 0.3) is 5.91 Å². The van der Waals surface area contributed by atoms with Crippen molar-refractivity contribution in [3.05, 3.63) is 65.8 Å². The van der Waals surface area contributed by atoms with E-state index in [1.807, 2.05) is 12.1 Å². The minimum absolute atomic E-state index is 0.131. The van der Waals surface area contributed by atoms with Crippen molar-refractivity contribution < 1.29 is 17.6 Å². The number of hydrogen-bond acceptors (Lipinski definition) is 6. The second kappa shape index (κ2) is 6.62. The van der Waals surface area contributed by atoms with Gasteiger partial charge >= 0.3 is 0 Å². The van der Waals surface area contributed by atoms with Crippen molar-refractivity contribution in [1.29, 1.82) is 0 Å². The van der Waals surface area contributed by atoms with Crippen molar-refractivity contribution >= 4 is 15.7 Å². The largest absolute Gasteiger partial charge is 0.441 e. The van der Waals surface area contributed by atoms with Crippen molar-refractivity contribution in [2.45, 2.75) is 17.9 Å². The smallest absolute Gasteiger partial charge is 0.254 e. The van der Waals surface area contributed by atoms with Gasteiger partial charge in [0.15, 0.2) is 9.84 Å². The van der Waals surface area contributed by atoms with Crippen molar-refractivity contribution in [1.82, 2.24) is 14.9 Å².